The first-order valence-electron chi connectivity index (χ1n) is 15.0. The van der Waals surface area contributed by atoms with E-state index in [1.807, 2.05) is 41.1 Å². The first-order chi connectivity index (χ1) is 20.6. The number of alkyl halides is 1. The highest BCUT2D eigenvalue weighted by molar-refractivity contribution is 6.31. The molecule has 11 heteroatoms. The third-order valence-electron chi connectivity index (χ3n) is 8.49. The average Bonchev–Trinajstić information content (AvgIpc) is 3.32. The number of hydrogen-bond donors (Lipinski definition) is 0. The van der Waals surface area contributed by atoms with Crippen molar-refractivity contribution in [2.24, 2.45) is 0 Å². The van der Waals surface area contributed by atoms with Gasteiger partial charge in [0, 0.05) is 36.8 Å². The average molecular weight is 615 g/mol. The lowest BCUT2D eigenvalue weighted by Crippen LogP contribution is -2.55. The second-order valence-corrected chi connectivity index (χ2v) is 11.9. The van der Waals surface area contributed by atoms with E-state index < -0.39 is 23.9 Å². The Kier molecular flexibility index (Phi) is 11.3. The Balaban J connectivity index is 1.68. The van der Waals surface area contributed by atoms with Crippen molar-refractivity contribution in [3.8, 4) is 12.1 Å². The first-order valence-corrected chi connectivity index (χ1v) is 15.4. The SMILES string of the molecule is C=C(F)C(=O)N1CCN(c2nc(OCC3C(F)CCN3C)nc(C(C)CCc3ccccc3Cl)c2CCC)CC1CC#N. The van der Waals surface area contributed by atoms with Crippen LogP contribution in [0, 0.1) is 11.3 Å². The molecule has 0 N–H and O–H groups in total. The Labute approximate surface area is 258 Å². The lowest BCUT2D eigenvalue weighted by atomic mass is 9.93. The van der Waals surface area contributed by atoms with Crippen LogP contribution in [0.1, 0.15) is 62.3 Å². The summed E-state index contributed by atoms with van der Waals surface area (Å²) in [6.45, 7) is 9.06. The molecule has 1 amide bonds. The van der Waals surface area contributed by atoms with Crippen LogP contribution in [0.3, 0.4) is 0 Å². The van der Waals surface area contributed by atoms with Gasteiger partial charge in [0.2, 0.25) is 0 Å². The van der Waals surface area contributed by atoms with Crippen molar-refractivity contribution in [3.63, 3.8) is 0 Å². The van der Waals surface area contributed by atoms with Gasteiger partial charge in [0.25, 0.3) is 5.91 Å². The highest BCUT2D eigenvalue weighted by Gasteiger charge is 2.35. The van der Waals surface area contributed by atoms with Gasteiger partial charge in [-0.15, -0.1) is 0 Å². The fraction of sp³-hybridized carbons (Fsp3) is 0.562. The van der Waals surface area contributed by atoms with Gasteiger partial charge >= 0.3 is 6.01 Å². The quantitative estimate of drug-likeness (QED) is 0.286. The summed E-state index contributed by atoms with van der Waals surface area (Å²) >= 11 is 6.44. The number of benzene rings is 1. The zero-order valence-electron chi connectivity index (χ0n) is 25.2. The molecule has 232 valence electrons. The molecular weight excluding hydrogens is 574 g/mol. The molecule has 2 aliphatic rings. The molecule has 0 aliphatic carbocycles. The van der Waals surface area contributed by atoms with Crippen LogP contribution in [-0.4, -0.2) is 83.8 Å². The minimum absolute atomic E-state index is 0.0256. The molecule has 3 heterocycles. The van der Waals surface area contributed by atoms with Crippen LogP contribution in [-0.2, 0) is 17.6 Å². The molecule has 0 saturated carbocycles. The summed E-state index contributed by atoms with van der Waals surface area (Å²) in [4.78, 5) is 27.6. The van der Waals surface area contributed by atoms with E-state index in [1.165, 1.54) is 4.90 Å². The highest BCUT2D eigenvalue weighted by Crippen LogP contribution is 2.34. The third-order valence-corrected chi connectivity index (χ3v) is 8.86. The molecule has 2 aliphatic heterocycles. The molecule has 4 atom stereocenters. The summed E-state index contributed by atoms with van der Waals surface area (Å²) in [6.07, 6.45) is 2.62. The smallest absolute Gasteiger partial charge is 0.318 e. The van der Waals surface area contributed by atoms with Crippen LogP contribution in [0.4, 0.5) is 14.6 Å². The van der Waals surface area contributed by atoms with Crippen molar-refractivity contribution in [2.45, 2.75) is 76.5 Å². The van der Waals surface area contributed by atoms with Crippen LogP contribution >= 0.6 is 11.6 Å². The molecule has 1 aromatic heterocycles. The lowest BCUT2D eigenvalue weighted by Gasteiger charge is -2.41. The van der Waals surface area contributed by atoms with E-state index in [1.54, 1.807) is 0 Å². The Morgan fingerprint density at radius 1 is 1.26 bits per heavy atom. The molecule has 43 heavy (non-hydrogen) atoms. The number of rotatable bonds is 12. The maximum absolute atomic E-state index is 14.6. The van der Waals surface area contributed by atoms with E-state index >= 15 is 0 Å². The van der Waals surface area contributed by atoms with E-state index in [-0.39, 0.29) is 37.5 Å². The number of halogens is 3. The van der Waals surface area contributed by atoms with Gasteiger partial charge in [0.15, 0.2) is 5.83 Å². The monoisotopic (exact) mass is 614 g/mol. The molecule has 1 aromatic carbocycles. The van der Waals surface area contributed by atoms with E-state index in [4.69, 9.17) is 26.3 Å². The lowest BCUT2D eigenvalue weighted by molar-refractivity contribution is -0.131. The summed E-state index contributed by atoms with van der Waals surface area (Å²) < 4.78 is 34.5. The Hall–Kier alpha value is -3.29. The zero-order valence-corrected chi connectivity index (χ0v) is 26.0. The Morgan fingerprint density at radius 2 is 2.02 bits per heavy atom. The van der Waals surface area contributed by atoms with Crippen LogP contribution in [0.15, 0.2) is 36.7 Å². The van der Waals surface area contributed by atoms with E-state index in [2.05, 4.69) is 26.5 Å². The summed E-state index contributed by atoms with van der Waals surface area (Å²) in [7, 11) is 1.88. The van der Waals surface area contributed by atoms with Crippen LogP contribution in [0.25, 0.3) is 0 Å². The van der Waals surface area contributed by atoms with Gasteiger partial charge in [-0.05, 0) is 50.3 Å². The summed E-state index contributed by atoms with van der Waals surface area (Å²) in [5, 5.41) is 10.2. The second-order valence-electron chi connectivity index (χ2n) is 11.5. The molecule has 0 bridgehead atoms. The summed E-state index contributed by atoms with van der Waals surface area (Å²) in [5.41, 5.74) is 2.90. The molecular formula is C32H41ClF2N6O2. The minimum Gasteiger partial charge on any atom is -0.462 e. The topological polar surface area (TPSA) is 85.6 Å². The number of aromatic nitrogens is 2. The number of carbonyl (C=O) groups excluding carboxylic acids is 1. The van der Waals surface area contributed by atoms with Gasteiger partial charge in [0.05, 0.1) is 30.3 Å². The van der Waals surface area contributed by atoms with Gasteiger partial charge in [-0.25, -0.2) is 8.78 Å². The number of likely N-dealkylation sites (tertiary alicyclic amines) is 1. The maximum atomic E-state index is 14.6. The minimum atomic E-state index is -1.04. The summed E-state index contributed by atoms with van der Waals surface area (Å²) in [5.74, 6) is -1.14. The highest BCUT2D eigenvalue weighted by atomic mass is 35.5. The molecule has 8 nitrogen and oxygen atoms in total. The van der Waals surface area contributed by atoms with Crippen molar-refractivity contribution < 1.29 is 18.3 Å². The zero-order chi connectivity index (χ0) is 31.1. The number of nitriles is 1. The largest absolute Gasteiger partial charge is 0.462 e. The molecule has 2 saturated heterocycles. The molecule has 4 rings (SSSR count). The number of piperazine rings is 1. The van der Waals surface area contributed by atoms with Crippen LogP contribution < -0.4 is 9.64 Å². The van der Waals surface area contributed by atoms with Gasteiger partial charge < -0.3 is 14.5 Å². The number of likely N-dealkylation sites (N-methyl/N-ethyl adjacent to an activating group) is 1. The van der Waals surface area contributed by atoms with Crippen molar-refractivity contribution >= 4 is 23.3 Å². The molecule has 0 radical (unpaired) electrons. The fourth-order valence-electron chi connectivity index (χ4n) is 6.01. The van der Waals surface area contributed by atoms with Gasteiger partial charge in [0.1, 0.15) is 18.6 Å². The van der Waals surface area contributed by atoms with E-state index in [0.29, 0.717) is 38.3 Å². The first kappa shape index (κ1) is 32.6. The number of hydrogen-bond acceptors (Lipinski definition) is 7. The number of nitrogens with zero attached hydrogens (tertiary/aromatic N) is 6. The number of amides is 1. The molecule has 0 spiro atoms. The second kappa shape index (κ2) is 14.9. The summed E-state index contributed by atoms with van der Waals surface area (Å²) in [6, 6.07) is 9.18. The van der Waals surface area contributed by atoms with Crippen LogP contribution in [0.2, 0.25) is 5.02 Å². The van der Waals surface area contributed by atoms with Gasteiger partial charge in [-0.2, -0.15) is 15.2 Å². The maximum Gasteiger partial charge on any atom is 0.318 e. The van der Waals surface area contributed by atoms with Crippen molar-refractivity contribution in [3.05, 3.63) is 58.5 Å². The van der Waals surface area contributed by atoms with Crippen molar-refractivity contribution in [1.82, 2.24) is 19.8 Å². The molecule has 2 aromatic rings. The Morgan fingerprint density at radius 3 is 2.67 bits per heavy atom. The van der Waals surface area contributed by atoms with E-state index in [9.17, 15) is 18.8 Å². The van der Waals surface area contributed by atoms with E-state index in [0.717, 1.165) is 41.1 Å². The predicted molar refractivity (Wildman–Crippen MR) is 164 cm³/mol. The number of ether oxygens (including phenoxy) is 1. The van der Waals surface area contributed by atoms with Crippen molar-refractivity contribution in [1.29, 1.82) is 5.26 Å². The normalized spacial score (nSPS) is 21.5. The fourth-order valence-corrected chi connectivity index (χ4v) is 6.24. The number of anilines is 1. The van der Waals surface area contributed by atoms with Gasteiger partial charge in [-0.1, -0.05) is 56.6 Å². The predicted octanol–water partition coefficient (Wildman–Crippen LogP) is 5.65. The van der Waals surface area contributed by atoms with Crippen LogP contribution in [0.5, 0.6) is 6.01 Å². The number of aryl methyl sites for hydroxylation is 1. The van der Waals surface area contributed by atoms with Gasteiger partial charge in [-0.3, -0.25) is 9.69 Å². The van der Waals surface area contributed by atoms with Crippen molar-refractivity contribution in [2.75, 3.05) is 44.7 Å². The number of carbonyl (C=O) groups is 1. The molecule has 2 fully saturated rings. The molecule has 4 unspecified atom stereocenters. The third kappa shape index (κ3) is 7.81. The standard InChI is InChI=1S/C32H41ClF2N6O2/c1-5-8-25-29(21(2)11-12-23-9-6-7-10-26(23)33)37-32(43-20-28-27(35)14-16-39(28)4)38-30(25)40-17-18-41(31(42)22(3)34)24(19-40)13-15-36/h6-7,9-10,21,24,27-28H,3,5,8,11-14,16-20H2,1-2,4H3. The Bertz CT molecular complexity index is 1330.